The minimum Gasteiger partial charge on any atom is -0.491 e. The maximum absolute atomic E-state index is 13.5. The monoisotopic (exact) mass is 470 g/mol. The molecule has 0 aromatic heterocycles. The summed E-state index contributed by atoms with van der Waals surface area (Å²) in [6.07, 6.45) is 2.76. The van der Waals surface area contributed by atoms with Gasteiger partial charge in [-0.2, -0.15) is 0 Å². The Hall–Kier alpha value is -2.53. The summed E-state index contributed by atoms with van der Waals surface area (Å²) >= 11 is 6.34. The van der Waals surface area contributed by atoms with Crippen LogP contribution in [-0.2, 0) is 11.2 Å². The molecule has 0 saturated heterocycles. The summed E-state index contributed by atoms with van der Waals surface area (Å²) in [5, 5.41) is 0.614. The number of halogens is 1. The van der Waals surface area contributed by atoms with Crippen molar-refractivity contribution in [2.45, 2.75) is 52.5 Å². The molecule has 2 aromatic rings. The molecule has 2 aromatic carbocycles. The van der Waals surface area contributed by atoms with Crippen LogP contribution in [0.4, 0.5) is 0 Å². The lowest BCUT2D eigenvalue weighted by molar-refractivity contribution is -0.134. The summed E-state index contributed by atoms with van der Waals surface area (Å²) in [5.41, 5.74) is 1.42. The van der Waals surface area contributed by atoms with Crippen molar-refractivity contribution < 1.29 is 14.3 Å². The van der Waals surface area contributed by atoms with Gasteiger partial charge in [-0.15, -0.1) is 0 Å². The highest BCUT2D eigenvalue weighted by molar-refractivity contribution is 6.31. The van der Waals surface area contributed by atoms with Gasteiger partial charge in [0.2, 0.25) is 5.91 Å². The summed E-state index contributed by atoms with van der Waals surface area (Å²) in [5.74, 6) is 1.04. The predicted octanol–water partition coefficient (Wildman–Crippen LogP) is 5.46. The van der Waals surface area contributed by atoms with E-state index in [-0.39, 0.29) is 24.3 Å². The number of para-hydroxylation sites is 1. The lowest BCUT2D eigenvalue weighted by Crippen LogP contribution is -2.46. The minimum absolute atomic E-state index is 0.000681. The summed E-state index contributed by atoms with van der Waals surface area (Å²) < 4.78 is 6.22. The molecule has 1 aliphatic rings. The van der Waals surface area contributed by atoms with Gasteiger partial charge in [0.15, 0.2) is 0 Å². The van der Waals surface area contributed by atoms with E-state index >= 15 is 0 Å². The van der Waals surface area contributed by atoms with Crippen molar-refractivity contribution in [1.82, 2.24) is 9.80 Å². The summed E-state index contributed by atoms with van der Waals surface area (Å²) in [6, 6.07) is 14.8. The highest BCUT2D eigenvalue weighted by Gasteiger charge is 2.27. The van der Waals surface area contributed by atoms with Gasteiger partial charge in [0.05, 0.1) is 18.0 Å². The smallest absolute Gasteiger partial charge is 0.257 e. The molecule has 0 fully saturated rings. The van der Waals surface area contributed by atoms with Gasteiger partial charge in [0.25, 0.3) is 5.91 Å². The maximum atomic E-state index is 13.5. The third-order valence-corrected chi connectivity index (χ3v) is 6.47. The quantitative estimate of drug-likeness (QED) is 0.583. The summed E-state index contributed by atoms with van der Waals surface area (Å²) in [7, 11) is 0. The lowest BCUT2D eigenvalue weighted by atomic mass is 10.0. The van der Waals surface area contributed by atoms with Gasteiger partial charge in [-0.1, -0.05) is 55.8 Å². The number of carbonyl (C=O) groups is 2. The molecular weight excluding hydrogens is 436 g/mol. The van der Waals surface area contributed by atoms with Gasteiger partial charge in [-0.25, -0.2) is 0 Å². The van der Waals surface area contributed by atoms with Crippen LogP contribution < -0.4 is 4.74 Å². The number of rotatable bonds is 5. The van der Waals surface area contributed by atoms with Crippen LogP contribution in [0.15, 0.2) is 48.5 Å². The second kappa shape index (κ2) is 12.1. The van der Waals surface area contributed by atoms with E-state index in [1.54, 1.807) is 0 Å². The Labute approximate surface area is 202 Å². The van der Waals surface area contributed by atoms with Crippen LogP contribution in [0.25, 0.3) is 0 Å². The molecular formula is C27H35ClN2O3. The fourth-order valence-electron chi connectivity index (χ4n) is 4.36. The molecule has 0 spiro atoms. The Balaban J connectivity index is 1.89. The molecule has 6 heteroatoms. The highest BCUT2D eigenvalue weighted by Crippen LogP contribution is 2.24. The van der Waals surface area contributed by atoms with Crippen LogP contribution in [0.3, 0.4) is 0 Å². The third kappa shape index (κ3) is 6.73. The Morgan fingerprint density at radius 3 is 2.52 bits per heavy atom. The third-order valence-electron chi connectivity index (χ3n) is 6.10. The number of nitrogens with zero attached hydrogens (tertiary/aromatic N) is 2. The number of fused-ring (bicyclic) bond motifs is 1. The first-order chi connectivity index (χ1) is 15.9. The first-order valence-electron chi connectivity index (χ1n) is 11.9. The Kier molecular flexibility index (Phi) is 9.19. The van der Waals surface area contributed by atoms with E-state index in [1.807, 2.05) is 65.3 Å². The van der Waals surface area contributed by atoms with Crippen LogP contribution in [0.2, 0.25) is 5.02 Å². The van der Waals surface area contributed by atoms with Crippen LogP contribution >= 0.6 is 11.6 Å². The maximum Gasteiger partial charge on any atom is 0.257 e. The van der Waals surface area contributed by atoms with E-state index in [9.17, 15) is 9.59 Å². The van der Waals surface area contributed by atoms with Crippen LogP contribution in [0.5, 0.6) is 5.75 Å². The summed E-state index contributed by atoms with van der Waals surface area (Å²) in [6.45, 7) is 8.59. The summed E-state index contributed by atoms with van der Waals surface area (Å²) in [4.78, 5) is 30.4. The van der Waals surface area contributed by atoms with Crippen molar-refractivity contribution in [2.24, 2.45) is 5.92 Å². The van der Waals surface area contributed by atoms with Crippen LogP contribution in [0.1, 0.15) is 56.0 Å². The van der Waals surface area contributed by atoms with E-state index in [4.69, 9.17) is 16.3 Å². The zero-order chi connectivity index (χ0) is 23.8. The zero-order valence-electron chi connectivity index (χ0n) is 19.9. The average Bonchev–Trinajstić information content (AvgIpc) is 2.79. The average molecular weight is 471 g/mol. The molecule has 1 aliphatic heterocycles. The molecule has 178 valence electrons. The molecule has 1 heterocycles. The number of carbonyl (C=O) groups excluding carboxylic acids is 2. The van der Waals surface area contributed by atoms with Crippen molar-refractivity contribution in [3.05, 3.63) is 64.7 Å². The molecule has 0 aliphatic carbocycles. The van der Waals surface area contributed by atoms with Crippen LogP contribution in [-0.4, -0.2) is 53.9 Å². The number of ether oxygens (including phenoxy) is 1. The molecule has 0 radical (unpaired) electrons. The van der Waals surface area contributed by atoms with Gasteiger partial charge in [-0.05, 0) is 55.9 Å². The normalized spacial score (nSPS) is 17.7. The first kappa shape index (κ1) is 25.1. The molecule has 0 saturated carbocycles. The van der Waals surface area contributed by atoms with E-state index in [1.165, 1.54) is 0 Å². The molecule has 0 unspecified atom stereocenters. The van der Waals surface area contributed by atoms with E-state index in [2.05, 4.69) is 13.8 Å². The second-order valence-corrected chi connectivity index (χ2v) is 9.44. The van der Waals surface area contributed by atoms with Gasteiger partial charge in [-0.3, -0.25) is 9.59 Å². The fourth-order valence-corrected chi connectivity index (χ4v) is 4.56. The molecule has 33 heavy (non-hydrogen) atoms. The predicted molar refractivity (Wildman–Crippen MR) is 133 cm³/mol. The van der Waals surface area contributed by atoms with Gasteiger partial charge in [0.1, 0.15) is 12.4 Å². The van der Waals surface area contributed by atoms with E-state index < -0.39 is 0 Å². The standard InChI is InChI=1S/C27H35ClN2O3/c1-4-29-15-9-10-16-30(26(31)18-21-11-5-7-13-24(21)28)22(17-20(2)3)19-33-25-14-8-6-12-23(25)27(29)32/h5-8,11-14,20,22H,4,9-10,15-19H2,1-3H3/t22-/m0/s1. The molecule has 0 N–H and O–H groups in total. The number of amides is 2. The van der Waals surface area contributed by atoms with Gasteiger partial charge < -0.3 is 14.5 Å². The molecule has 2 amide bonds. The molecule has 0 bridgehead atoms. The Morgan fingerprint density at radius 2 is 1.79 bits per heavy atom. The van der Waals surface area contributed by atoms with Crippen molar-refractivity contribution in [3.63, 3.8) is 0 Å². The fraction of sp³-hybridized carbons (Fsp3) is 0.481. The molecule has 1 atom stereocenters. The van der Waals surface area contributed by atoms with Gasteiger partial charge in [0, 0.05) is 24.7 Å². The molecule has 5 nitrogen and oxygen atoms in total. The number of benzene rings is 2. The number of hydrogen-bond acceptors (Lipinski definition) is 3. The van der Waals surface area contributed by atoms with Crippen molar-refractivity contribution in [1.29, 1.82) is 0 Å². The Bertz CT molecular complexity index is 946. The highest BCUT2D eigenvalue weighted by atomic mass is 35.5. The SMILES string of the molecule is CCN1CCCCN(C(=O)Cc2ccccc2Cl)[C@@H](CC(C)C)COc2ccccc2C1=O. The van der Waals surface area contributed by atoms with E-state index in [0.29, 0.717) is 48.5 Å². The van der Waals surface area contributed by atoms with Crippen molar-refractivity contribution >= 4 is 23.4 Å². The second-order valence-electron chi connectivity index (χ2n) is 9.04. The molecule has 3 rings (SSSR count). The Morgan fingerprint density at radius 1 is 1.09 bits per heavy atom. The minimum atomic E-state index is -0.0788. The largest absolute Gasteiger partial charge is 0.491 e. The first-order valence-corrected chi connectivity index (χ1v) is 12.3. The van der Waals surface area contributed by atoms with Crippen molar-refractivity contribution in [3.8, 4) is 5.75 Å². The van der Waals surface area contributed by atoms with E-state index in [0.717, 1.165) is 24.8 Å². The zero-order valence-corrected chi connectivity index (χ0v) is 20.7. The number of hydrogen-bond donors (Lipinski definition) is 0. The van der Waals surface area contributed by atoms with Crippen molar-refractivity contribution in [2.75, 3.05) is 26.2 Å². The van der Waals surface area contributed by atoms with Crippen LogP contribution in [0, 0.1) is 5.92 Å². The van der Waals surface area contributed by atoms with Gasteiger partial charge >= 0.3 is 0 Å². The topological polar surface area (TPSA) is 49.9 Å². The lowest BCUT2D eigenvalue weighted by Gasteiger charge is -2.34.